The van der Waals surface area contributed by atoms with E-state index in [9.17, 15) is 18.0 Å². The zero-order valence-electron chi connectivity index (χ0n) is 19.6. The van der Waals surface area contributed by atoms with E-state index in [1.807, 2.05) is 24.3 Å². The fourth-order valence-corrected chi connectivity index (χ4v) is 5.08. The van der Waals surface area contributed by atoms with Gasteiger partial charge >= 0.3 is 6.18 Å². The molecule has 1 aromatic carbocycles. The molecule has 0 bridgehead atoms. The third-order valence-electron chi connectivity index (χ3n) is 6.92. The SMILES string of the molecule is C=C1CN(c2ccnc3cc(-n4cncn4)ccc23)CC[C@@H]1C(=O)N1CCn2c(nnc2C(F)(F)F)C1. The first-order valence-electron chi connectivity index (χ1n) is 11.7. The maximum atomic E-state index is 13.3. The van der Waals surface area contributed by atoms with E-state index in [4.69, 9.17) is 0 Å². The number of benzene rings is 1. The van der Waals surface area contributed by atoms with Gasteiger partial charge in [0, 0.05) is 43.4 Å². The molecule has 0 N–H and O–H groups in total. The van der Waals surface area contributed by atoms with Crippen LogP contribution in [0.15, 0.2) is 55.3 Å². The summed E-state index contributed by atoms with van der Waals surface area (Å²) in [6.45, 7) is 5.48. The van der Waals surface area contributed by atoms with E-state index in [2.05, 4.69) is 36.7 Å². The number of aromatic nitrogens is 7. The largest absolute Gasteiger partial charge is 0.451 e. The lowest BCUT2D eigenvalue weighted by Gasteiger charge is -2.38. The van der Waals surface area contributed by atoms with Crippen LogP contribution in [0.2, 0.25) is 0 Å². The van der Waals surface area contributed by atoms with Crippen molar-refractivity contribution in [1.29, 1.82) is 0 Å². The summed E-state index contributed by atoms with van der Waals surface area (Å²) in [5.74, 6) is -1.42. The number of carbonyl (C=O) groups excluding carboxylic acids is 1. The van der Waals surface area contributed by atoms with Gasteiger partial charge in [0.2, 0.25) is 11.7 Å². The average Bonchev–Trinajstić information content (AvgIpc) is 3.57. The summed E-state index contributed by atoms with van der Waals surface area (Å²) >= 11 is 0. The lowest BCUT2D eigenvalue weighted by molar-refractivity contribution is -0.148. The third kappa shape index (κ3) is 4.09. The van der Waals surface area contributed by atoms with E-state index < -0.39 is 17.9 Å². The Kier molecular flexibility index (Phi) is 5.42. The Balaban J connectivity index is 1.17. The number of alkyl halides is 3. The number of amides is 1. The van der Waals surface area contributed by atoms with Gasteiger partial charge in [-0.2, -0.15) is 18.3 Å². The van der Waals surface area contributed by atoms with E-state index in [0.29, 0.717) is 19.5 Å². The molecule has 190 valence electrons. The minimum absolute atomic E-state index is 0.00148. The molecule has 1 saturated heterocycles. The van der Waals surface area contributed by atoms with Gasteiger partial charge in [-0.15, -0.1) is 10.2 Å². The maximum Gasteiger partial charge on any atom is 0.451 e. The molecule has 0 unspecified atom stereocenters. The predicted octanol–water partition coefficient (Wildman–Crippen LogP) is 2.85. The van der Waals surface area contributed by atoms with Gasteiger partial charge in [0.25, 0.3) is 0 Å². The lowest BCUT2D eigenvalue weighted by atomic mass is 9.90. The minimum Gasteiger partial charge on any atom is -0.367 e. The van der Waals surface area contributed by atoms with Crippen LogP contribution in [0.25, 0.3) is 16.6 Å². The maximum absolute atomic E-state index is 13.3. The highest BCUT2D eigenvalue weighted by atomic mass is 19.4. The Hall–Kier alpha value is -4.29. The number of anilines is 1. The van der Waals surface area contributed by atoms with Crippen molar-refractivity contribution in [2.24, 2.45) is 5.92 Å². The second kappa shape index (κ2) is 8.68. The summed E-state index contributed by atoms with van der Waals surface area (Å²) < 4.78 is 42.1. The number of hydrogen-bond acceptors (Lipinski definition) is 7. The molecular formula is C24H22F3N9O. The molecule has 3 aromatic heterocycles. The Morgan fingerprint density at radius 2 is 1.95 bits per heavy atom. The van der Waals surface area contributed by atoms with Crippen LogP contribution in [-0.4, -0.2) is 65.0 Å². The summed E-state index contributed by atoms with van der Waals surface area (Å²) in [6, 6.07) is 7.83. The molecule has 0 radical (unpaired) electrons. The normalized spacial score (nSPS) is 18.4. The topological polar surface area (TPSA) is 97.9 Å². The van der Waals surface area contributed by atoms with Gasteiger partial charge < -0.3 is 14.4 Å². The number of fused-ring (bicyclic) bond motifs is 2. The van der Waals surface area contributed by atoms with Crippen LogP contribution >= 0.6 is 0 Å². The van der Waals surface area contributed by atoms with Crippen molar-refractivity contribution in [1.82, 2.24) is 39.4 Å². The van der Waals surface area contributed by atoms with E-state index in [1.165, 1.54) is 6.33 Å². The van der Waals surface area contributed by atoms with Crippen LogP contribution < -0.4 is 4.90 Å². The van der Waals surface area contributed by atoms with Gasteiger partial charge in [0.1, 0.15) is 12.7 Å². The fourth-order valence-electron chi connectivity index (χ4n) is 5.08. The molecule has 13 heteroatoms. The second-order valence-corrected chi connectivity index (χ2v) is 9.14. The Morgan fingerprint density at radius 1 is 1.08 bits per heavy atom. The van der Waals surface area contributed by atoms with Crippen LogP contribution in [0.5, 0.6) is 0 Å². The monoisotopic (exact) mass is 509 g/mol. The first kappa shape index (κ1) is 23.1. The summed E-state index contributed by atoms with van der Waals surface area (Å²) in [7, 11) is 0. The van der Waals surface area contributed by atoms with Crippen LogP contribution in [0.4, 0.5) is 18.9 Å². The number of piperidine rings is 1. The highest BCUT2D eigenvalue weighted by Gasteiger charge is 2.41. The van der Waals surface area contributed by atoms with Crippen LogP contribution in [0.3, 0.4) is 0 Å². The van der Waals surface area contributed by atoms with Crippen molar-refractivity contribution in [2.45, 2.75) is 25.7 Å². The summed E-state index contributed by atoms with van der Waals surface area (Å²) in [6.07, 6.45) is 0.822. The van der Waals surface area contributed by atoms with Crippen molar-refractivity contribution < 1.29 is 18.0 Å². The Labute approximate surface area is 209 Å². The van der Waals surface area contributed by atoms with Gasteiger partial charge in [0.05, 0.1) is 23.7 Å². The van der Waals surface area contributed by atoms with Crippen LogP contribution in [-0.2, 0) is 24.1 Å². The fraction of sp³-hybridized carbons (Fsp3) is 0.333. The lowest BCUT2D eigenvalue weighted by Crippen LogP contribution is -2.46. The molecule has 0 spiro atoms. The highest BCUT2D eigenvalue weighted by molar-refractivity contribution is 5.93. The van der Waals surface area contributed by atoms with Gasteiger partial charge in [-0.3, -0.25) is 9.78 Å². The summed E-state index contributed by atoms with van der Waals surface area (Å²) in [4.78, 5) is 25.6. The van der Waals surface area contributed by atoms with E-state index in [0.717, 1.165) is 32.4 Å². The molecule has 10 nitrogen and oxygen atoms in total. The van der Waals surface area contributed by atoms with Gasteiger partial charge in [-0.05, 0) is 36.3 Å². The molecule has 2 aliphatic heterocycles. The molecule has 1 fully saturated rings. The molecule has 5 heterocycles. The van der Waals surface area contributed by atoms with E-state index >= 15 is 0 Å². The number of rotatable bonds is 3. The molecule has 1 atom stereocenters. The smallest absolute Gasteiger partial charge is 0.367 e. The van der Waals surface area contributed by atoms with Crippen molar-refractivity contribution in [3.63, 3.8) is 0 Å². The zero-order valence-corrected chi connectivity index (χ0v) is 19.6. The third-order valence-corrected chi connectivity index (χ3v) is 6.92. The molecule has 0 aliphatic carbocycles. The predicted molar refractivity (Wildman–Crippen MR) is 127 cm³/mol. The molecule has 0 saturated carbocycles. The van der Waals surface area contributed by atoms with Crippen molar-refractivity contribution in [2.75, 3.05) is 24.5 Å². The van der Waals surface area contributed by atoms with Crippen molar-refractivity contribution in [3.05, 3.63) is 66.9 Å². The summed E-state index contributed by atoms with van der Waals surface area (Å²) in [5.41, 5.74) is 3.42. The number of pyridine rings is 1. The average molecular weight is 509 g/mol. The highest BCUT2D eigenvalue weighted by Crippen LogP contribution is 2.34. The first-order chi connectivity index (χ1) is 17.8. The Morgan fingerprint density at radius 3 is 2.70 bits per heavy atom. The second-order valence-electron chi connectivity index (χ2n) is 9.14. The first-order valence-corrected chi connectivity index (χ1v) is 11.7. The number of hydrogen-bond donors (Lipinski definition) is 0. The van der Waals surface area contributed by atoms with Crippen LogP contribution in [0.1, 0.15) is 18.1 Å². The minimum atomic E-state index is -4.58. The number of halogens is 3. The van der Waals surface area contributed by atoms with Crippen LogP contribution in [0, 0.1) is 5.92 Å². The van der Waals surface area contributed by atoms with E-state index in [-0.39, 0.29) is 31.4 Å². The molecule has 1 amide bonds. The van der Waals surface area contributed by atoms with Crippen molar-refractivity contribution >= 4 is 22.5 Å². The quantitative estimate of drug-likeness (QED) is 0.392. The van der Waals surface area contributed by atoms with Gasteiger partial charge in [-0.25, -0.2) is 9.67 Å². The molecule has 6 rings (SSSR count). The Bertz CT molecular complexity index is 1500. The van der Waals surface area contributed by atoms with Gasteiger partial charge in [-0.1, -0.05) is 6.58 Å². The van der Waals surface area contributed by atoms with Gasteiger partial charge in [0.15, 0.2) is 5.82 Å². The molecular weight excluding hydrogens is 487 g/mol. The zero-order chi connectivity index (χ0) is 25.7. The molecule has 2 aliphatic rings. The molecule has 4 aromatic rings. The number of nitrogens with zero attached hydrogens (tertiary/aromatic N) is 9. The molecule has 37 heavy (non-hydrogen) atoms. The summed E-state index contributed by atoms with van der Waals surface area (Å²) in [5, 5.41) is 12.1. The van der Waals surface area contributed by atoms with Crippen molar-refractivity contribution in [3.8, 4) is 5.69 Å². The van der Waals surface area contributed by atoms with E-state index in [1.54, 1.807) is 22.1 Å². The number of carbonyl (C=O) groups is 1. The standard InChI is InChI=1S/C24H22F3N9O/c1-15-11-33(20-4-6-29-19-10-16(2-3-18(19)20)36-14-28-13-30-36)7-5-17(15)22(37)34-8-9-35-21(12-34)31-32-23(35)24(25,26)27/h2-4,6,10,13-14,17H,1,5,7-9,11-12H2/t17-/m0/s1.